The van der Waals surface area contributed by atoms with Crippen molar-refractivity contribution in [2.24, 2.45) is 0 Å². The minimum Gasteiger partial charge on any atom is -0.497 e. The molecule has 0 saturated carbocycles. The fraction of sp³-hybridized carbons (Fsp3) is 0.250. The van der Waals surface area contributed by atoms with Gasteiger partial charge < -0.3 is 10.1 Å². The lowest BCUT2D eigenvalue weighted by Gasteiger charge is -2.09. The minimum atomic E-state index is -0.0442. The first-order valence-electron chi connectivity index (χ1n) is 8.77. The number of benzene rings is 2. The van der Waals surface area contributed by atoms with Gasteiger partial charge in [-0.25, -0.2) is 0 Å². The van der Waals surface area contributed by atoms with Crippen molar-refractivity contribution in [1.82, 2.24) is 14.8 Å². The first kappa shape index (κ1) is 19.0. The summed E-state index contributed by atoms with van der Waals surface area (Å²) in [6.45, 7) is 2.06. The molecule has 0 spiro atoms. The van der Waals surface area contributed by atoms with E-state index in [4.69, 9.17) is 4.74 Å². The summed E-state index contributed by atoms with van der Waals surface area (Å²) in [5, 5.41) is 12.3. The zero-order valence-electron chi connectivity index (χ0n) is 15.4. The van der Waals surface area contributed by atoms with Gasteiger partial charge in [0.05, 0.1) is 7.11 Å². The fourth-order valence-corrected chi connectivity index (χ4v) is 3.53. The van der Waals surface area contributed by atoms with Crippen molar-refractivity contribution in [2.75, 3.05) is 18.2 Å². The van der Waals surface area contributed by atoms with Gasteiger partial charge in [-0.1, -0.05) is 43.0 Å². The molecule has 1 heterocycles. The van der Waals surface area contributed by atoms with E-state index in [0.717, 1.165) is 28.8 Å². The second-order valence-electron chi connectivity index (χ2n) is 5.80. The van der Waals surface area contributed by atoms with Crippen LogP contribution in [-0.2, 0) is 11.2 Å². The molecular weight excluding hydrogens is 360 g/mol. The van der Waals surface area contributed by atoms with Crippen molar-refractivity contribution >= 4 is 23.4 Å². The smallest absolute Gasteiger partial charge is 0.225 e. The van der Waals surface area contributed by atoms with E-state index in [1.165, 1.54) is 11.8 Å². The maximum absolute atomic E-state index is 12.2. The molecule has 0 fully saturated rings. The van der Waals surface area contributed by atoms with Crippen molar-refractivity contribution in [3.05, 3.63) is 60.4 Å². The summed E-state index contributed by atoms with van der Waals surface area (Å²) in [5.41, 5.74) is 1.76. The van der Waals surface area contributed by atoms with Gasteiger partial charge in [0.2, 0.25) is 5.91 Å². The van der Waals surface area contributed by atoms with Crippen LogP contribution in [0.2, 0.25) is 0 Å². The van der Waals surface area contributed by atoms with Gasteiger partial charge in [-0.3, -0.25) is 9.36 Å². The average molecular weight is 382 g/mol. The van der Waals surface area contributed by atoms with Gasteiger partial charge >= 0.3 is 0 Å². The number of para-hydroxylation sites is 1. The largest absolute Gasteiger partial charge is 0.497 e. The molecule has 1 amide bonds. The number of methoxy groups -OCH3 is 1. The average Bonchev–Trinajstić information content (AvgIpc) is 3.11. The Bertz CT molecular complexity index is 896. The van der Waals surface area contributed by atoms with E-state index in [2.05, 4.69) is 22.4 Å². The van der Waals surface area contributed by atoms with Gasteiger partial charge in [0.25, 0.3) is 0 Å². The third kappa shape index (κ3) is 4.89. The van der Waals surface area contributed by atoms with Crippen molar-refractivity contribution < 1.29 is 9.53 Å². The van der Waals surface area contributed by atoms with Crippen LogP contribution < -0.4 is 10.1 Å². The number of rotatable bonds is 8. The van der Waals surface area contributed by atoms with E-state index >= 15 is 0 Å². The Morgan fingerprint density at radius 3 is 2.70 bits per heavy atom. The Balaban J connectivity index is 1.60. The summed E-state index contributed by atoms with van der Waals surface area (Å²) in [6, 6.07) is 17.3. The van der Waals surface area contributed by atoms with Crippen LogP contribution in [-0.4, -0.2) is 33.5 Å². The molecule has 0 aliphatic heterocycles. The Morgan fingerprint density at radius 1 is 1.15 bits per heavy atom. The number of hydrogen-bond acceptors (Lipinski definition) is 5. The van der Waals surface area contributed by atoms with Gasteiger partial charge in [0, 0.05) is 36.0 Å². The number of carbonyl (C=O) groups is 1. The minimum absolute atomic E-state index is 0.0442. The number of ether oxygens (including phenoxy) is 1. The molecule has 0 bridgehead atoms. The number of thioether (sulfide) groups is 1. The molecule has 1 aromatic heterocycles. The molecule has 3 rings (SSSR count). The van der Waals surface area contributed by atoms with Crippen LogP contribution in [0.3, 0.4) is 0 Å². The number of nitrogens with zero attached hydrogens (tertiary/aromatic N) is 3. The van der Waals surface area contributed by atoms with Crippen molar-refractivity contribution in [2.45, 2.75) is 24.9 Å². The Labute approximate surface area is 163 Å². The van der Waals surface area contributed by atoms with Crippen LogP contribution in [0, 0.1) is 0 Å². The first-order chi connectivity index (χ1) is 13.2. The molecule has 2 aromatic carbocycles. The highest BCUT2D eigenvalue weighted by atomic mass is 32.2. The molecule has 0 radical (unpaired) electrons. The van der Waals surface area contributed by atoms with E-state index in [1.807, 2.05) is 53.1 Å². The number of anilines is 1. The summed E-state index contributed by atoms with van der Waals surface area (Å²) >= 11 is 1.53. The molecule has 1 N–H and O–H groups in total. The zero-order chi connectivity index (χ0) is 19.1. The highest BCUT2D eigenvalue weighted by Gasteiger charge is 2.13. The van der Waals surface area contributed by atoms with E-state index < -0.39 is 0 Å². The molecule has 140 valence electrons. The standard InChI is InChI=1S/C20H22N4O2S/c1-3-18-22-23-20(24(18)16-9-5-4-6-10-16)27-13-12-19(25)21-15-8-7-11-17(14-15)26-2/h4-11,14H,3,12-13H2,1-2H3,(H,21,25). The molecular formula is C20H22N4O2S. The van der Waals surface area contributed by atoms with E-state index in [-0.39, 0.29) is 5.91 Å². The van der Waals surface area contributed by atoms with Crippen molar-refractivity contribution in [1.29, 1.82) is 0 Å². The summed E-state index contributed by atoms with van der Waals surface area (Å²) in [6.07, 6.45) is 1.17. The van der Waals surface area contributed by atoms with Crippen LogP contribution in [0.25, 0.3) is 5.69 Å². The quantitative estimate of drug-likeness (QED) is 0.597. The monoisotopic (exact) mass is 382 g/mol. The lowest BCUT2D eigenvalue weighted by molar-refractivity contribution is -0.115. The topological polar surface area (TPSA) is 69.0 Å². The summed E-state index contributed by atoms with van der Waals surface area (Å²) in [7, 11) is 1.60. The lowest BCUT2D eigenvalue weighted by atomic mass is 10.3. The SMILES string of the molecule is CCc1nnc(SCCC(=O)Nc2cccc(OC)c2)n1-c1ccccc1. The second-order valence-corrected chi connectivity index (χ2v) is 6.86. The molecule has 0 unspecified atom stereocenters. The van der Waals surface area contributed by atoms with E-state index in [0.29, 0.717) is 17.9 Å². The Hall–Kier alpha value is -2.80. The van der Waals surface area contributed by atoms with Gasteiger partial charge in [-0.05, 0) is 24.3 Å². The number of amides is 1. The molecule has 7 heteroatoms. The molecule has 6 nitrogen and oxygen atoms in total. The molecule has 0 atom stereocenters. The van der Waals surface area contributed by atoms with Crippen molar-refractivity contribution in [3.8, 4) is 11.4 Å². The maximum Gasteiger partial charge on any atom is 0.225 e. The predicted molar refractivity (Wildman–Crippen MR) is 108 cm³/mol. The third-order valence-electron chi connectivity index (χ3n) is 3.94. The Kier molecular flexibility index (Phi) is 6.49. The van der Waals surface area contributed by atoms with Gasteiger partial charge in [-0.15, -0.1) is 10.2 Å². The second kappa shape index (κ2) is 9.23. The van der Waals surface area contributed by atoms with Crippen LogP contribution in [0.1, 0.15) is 19.2 Å². The summed E-state index contributed by atoms with van der Waals surface area (Å²) < 4.78 is 7.22. The fourth-order valence-electron chi connectivity index (χ4n) is 2.62. The van der Waals surface area contributed by atoms with E-state index in [1.54, 1.807) is 13.2 Å². The van der Waals surface area contributed by atoms with Crippen LogP contribution >= 0.6 is 11.8 Å². The molecule has 27 heavy (non-hydrogen) atoms. The highest BCUT2D eigenvalue weighted by molar-refractivity contribution is 7.99. The Morgan fingerprint density at radius 2 is 1.96 bits per heavy atom. The molecule has 0 aliphatic carbocycles. The number of carbonyl (C=O) groups excluding carboxylic acids is 1. The number of nitrogens with one attached hydrogen (secondary N) is 1. The molecule has 3 aromatic rings. The zero-order valence-corrected chi connectivity index (χ0v) is 16.2. The molecule has 0 aliphatic rings. The summed E-state index contributed by atoms with van der Waals surface area (Å²) in [5.74, 6) is 2.19. The first-order valence-corrected chi connectivity index (χ1v) is 9.76. The normalized spacial score (nSPS) is 10.6. The van der Waals surface area contributed by atoms with Gasteiger partial charge in [-0.2, -0.15) is 0 Å². The number of hydrogen-bond donors (Lipinski definition) is 1. The van der Waals surface area contributed by atoms with Crippen molar-refractivity contribution in [3.63, 3.8) is 0 Å². The third-order valence-corrected chi connectivity index (χ3v) is 4.88. The highest BCUT2D eigenvalue weighted by Crippen LogP contribution is 2.23. The van der Waals surface area contributed by atoms with Crippen LogP contribution in [0.5, 0.6) is 5.75 Å². The molecule has 0 saturated heterocycles. The van der Waals surface area contributed by atoms with Crippen LogP contribution in [0.15, 0.2) is 59.8 Å². The van der Waals surface area contributed by atoms with E-state index in [9.17, 15) is 4.79 Å². The maximum atomic E-state index is 12.2. The van der Waals surface area contributed by atoms with Gasteiger partial charge in [0.15, 0.2) is 5.16 Å². The lowest BCUT2D eigenvalue weighted by Crippen LogP contribution is -2.12. The summed E-state index contributed by atoms with van der Waals surface area (Å²) in [4.78, 5) is 12.2. The van der Waals surface area contributed by atoms with Gasteiger partial charge in [0.1, 0.15) is 11.6 Å². The number of aryl methyl sites for hydroxylation is 1. The van der Waals surface area contributed by atoms with Crippen LogP contribution in [0.4, 0.5) is 5.69 Å². The number of aromatic nitrogens is 3. The predicted octanol–water partition coefficient (Wildman–Crippen LogP) is 3.96.